The molecule has 2 unspecified atom stereocenters. The third-order valence-corrected chi connectivity index (χ3v) is 3.96. The Morgan fingerprint density at radius 3 is 2.83 bits per heavy atom. The van der Waals surface area contributed by atoms with Gasteiger partial charge in [0.05, 0.1) is 0 Å². The van der Waals surface area contributed by atoms with Gasteiger partial charge in [-0.3, -0.25) is 0 Å². The Bertz CT molecular complexity index is 215. The fourth-order valence-corrected chi connectivity index (χ4v) is 2.88. The van der Waals surface area contributed by atoms with E-state index < -0.39 is 0 Å². The summed E-state index contributed by atoms with van der Waals surface area (Å²) in [5.74, 6) is 1.85. The van der Waals surface area contributed by atoms with Gasteiger partial charge in [0, 0.05) is 6.54 Å². The molecule has 0 heterocycles. The highest BCUT2D eigenvalue weighted by atomic mass is 14.8. The summed E-state index contributed by atoms with van der Waals surface area (Å²) in [6.07, 6.45) is 5.22. The van der Waals surface area contributed by atoms with E-state index in [1.54, 1.807) is 5.57 Å². The van der Waals surface area contributed by atoms with E-state index >= 15 is 0 Å². The molecular weight excluding hydrogens is 146 g/mol. The molecule has 0 spiro atoms. The van der Waals surface area contributed by atoms with E-state index in [9.17, 15) is 0 Å². The first kappa shape index (κ1) is 8.31. The maximum Gasteiger partial charge on any atom is 0.0164 e. The second-order valence-electron chi connectivity index (χ2n) is 4.85. The second-order valence-corrected chi connectivity index (χ2v) is 4.85. The van der Waals surface area contributed by atoms with Crippen LogP contribution in [0.15, 0.2) is 11.6 Å². The molecule has 0 aromatic heterocycles. The van der Waals surface area contributed by atoms with Gasteiger partial charge in [0.1, 0.15) is 0 Å². The van der Waals surface area contributed by atoms with Gasteiger partial charge in [0.15, 0.2) is 0 Å². The summed E-state index contributed by atoms with van der Waals surface area (Å²) in [5.41, 5.74) is 2.26. The summed E-state index contributed by atoms with van der Waals surface area (Å²) >= 11 is 0. The largest absolute Gasteiger partial charge is 0.316 e. The van der Waals surface area contributed by atoms with Gasteiger partial charge in [-0.05, 0) is 37.1 Å². The number of hydrogen-bond acceptors (Lipinski definition) is 1. The van der Waals surface area contributed by atoms with Crippen molar-refractivity contribution >= 4 is 0 Å². The van der Waals surface area contributed by atoms with E-state index in [0.29, 0.717) is 5.41 Å². The van der Waals surface area contributed by atoms with E-state index in [4.69, 9.17) is 0 Å². The molecule has 12 heavy (non-hydrogen) atoms. The molecule has 3 aliphatic carbocycles. The standard InChI is InChI=1S/C11H19N/c1-11(2)9-5-4-8(7-12-3)10(11)6-9/h4,9-10,12H,5-7H2,1-3H3. The van der Waals surface area contributed by atoms with Crippen molar-refractivity contribution in [2.24, 2.45) is 17.3 Å². The van der Waals surface area contributed by atoms with Crippen LogP contribution in [0.3, 0.4) is 0 Å². The number of hydrogen-bond donors (Lipinski definition) is 1. The van der Waals surface area contributed by atoms with Crippen LogP contribution < -0.4 is 5.32 Å². The Balaban J connectivity index is 2.13. The highest BCUT2D eigenvalue weighted by Gasteiger charge is 2.50. The lowest BCUT2D eigenvalue weighted by Gasteiger charge is -2.56. The monoisotopic (exact) mass is 165 g/mol. The number of likely N-dealkylation sites (N-methyl/N-ethyl adjacent to an activating group) is 1. The van der Waals surface area contributed by atoms with E-state index in [-0.39, 0.29) is 0 Å². The lowest BCUT2D eigenvalue weighted by atomic mass is 9.49. The van der Waals surface area contributed by atoms with Gasteiger partial charge in [-0.25, -0.2) is 0 Å². The summed E-state index contributed by atoms with van der Waals surface area (Å²) < 4.78 is 0. The Morgan fingerprint density at radius 2 is 2.33 bits per heavy atom. The van der Waals surface area contributed by atoms with Crippen molar-refractivity contribution in [1.29, 1.82) is 0 Å². The van der Waals surface area contributed by atoms with Crippen LogP contribution in [0.4, 0.5) is 0 Å². The Hall–Kier alpha value is -0.300. The van der Waals surface area contributed by atoms with Crippen molar-refractivity contribution in [3.8, 4) is 0 Å². The fraction of sp³-hybridized carbons (Fsp3) is 0.818. The number of rotatable bonds is 2. The fourth-order valence-electron chi connectivity index (χ4n) is 2.88. The number of nitrogens with one attached hydrogen (secondary N) is 1. The molecule has 1 fully saturated rings. The molecule has 0 aromatic rings. The van der Waals surface area contributed by atoms with Crippen LogP contribution in [0, 0.1) is 17.3 Å². The summed E-state index contributed by atoms with van der Waals surface area (Å²) in [6, 6.07) is 0. The molecule has 1 nitrogen and oxygen atoms in total. The molecule has 1 heteroatoms. The van der Waals surface area contributed by atoms with Crippen LogP contribution in [-0.2, 0) is 0 Å². The lowest BCUT2D eigenvalue weighted by molar-refractivity contribution is -0.00721. The van der Waals surface area contributed by atoms with Crippen molar-refractivity contribution in [2.75, 3.05) is 13.6 Å². The van der Waals surface area contributed by atoms with Gasteiger partial charge >= 0.3 is 0 Å². The van der Waals surface area contributed by atoms with E-state index in [1.807, 2.05) is 7.05 Å². The third-order valence-electron chi connectivity index (χ3n) is 3.96. The topological polar surface area (TPSA) is 12.0 Å². The van der Waals surface area contributed by atoms with Crippen LogP contribution in [0.2, 0.25) is 0 Å². The van der Waals surface area contributed by atoms with Gasteiger partial charge < -0.3 is 5.32 Å². The van der Waals surface area contributed by atoms with Gasteiger partial charge in [-0.15, -0.1) is 0 Å². The first-order valence-corrected chi connectivity index (χ1v) is 4.99. The lowest BCUT2D eigenvalue weighted by Crippen LogP contribution is -2.49. The zero-order valence-electron chi connectivity index (χ0n) is 8.35. The van der Waals surface area contributed by atoms with E-state index in [0.717, 1.165) is 18.4 Å². The molecule has 0 saturated heterocycles. The summed E-state index contributed by atoms with van der Waals surface area (Å²) in [6.45, 7) is 5.95. The first-order chi connectivity index (χ1) is 5.66. The predicted molar refractivity (Wildman–Crippen MR) is 52.0 cm³/mol. The highest BCUT2D eigenvalue weighted by molar-refractivity contribution is 5.24. The van der Waals surface area contributed by atoms with Gasteiger partial charge in [-0.2, -0.15) is 0 Å². The summed E-state index contributed by atoms with van der Waals surface area (Å²) in [4.78, 5) is 0. The third kappa shape index (κ3) is 0.957. The molecule has 68 valence electrons. The molecule has 2 atom stereocenters. The van der Waals surface area contributed by atoms with Crippen molar-refractivity contribution in [3.63, 3.8) is 0 Å². The maximum absolute atomic E-state index is 3.26. The minimum Gasteiger partial charge on any atom is -0.316 e. The van der Waals surface area contributed by atoms with Crippen molar-refractivity contribution in [2.45, 2.75) is 26.7 Å². The zero-order chi connectivity index (χ0) is 8.77. The molecule has 0 aromatic carbocycles. The second kappa shape index (κ2) is 2.59. The summed E-state index contributed by atoms with van der Waals surface area (Å²) in [7, 11) is 2.04. The normalized spacial score (nSPS) is 37.1. The van der Waals surface area contributed by atoms with Crippen molar-refractivity contribution < 1.29 is 0 Å². The molecule has 3 aliphatic rings. The van der Waals surface area contributed by atoms with Gasteiger partial charge in [0.25, 0.3) is 0 Å². The molecule has 1 N–H and O–H groups in total. The molecule has 3 rings (SSSR count). The van der Waals surface area contributed by atoms with Crippen LogP contribution in [0.5, 0.6) is 0 Å². The molecular formula is C11H19N. The quantitative estimate of drug-likeness (QED) is 0.618. The van der Waals surface area contributed by atoms with E-state index in [2.05, 4.69) is 25.2 Å². The minimum atomic E-state index is 0.598. The van der Waals surface area contributed by atoms with Crippen LogP contribution >= 0.6 is 0 Å². The average molecular weight is 165 g/mol. The van der Waals surface area contributed by atoms with Crippen molar-refractivity contribution in [3.05, 3.63) is 11.6 Å². The number of fused-ring (bicyclic) bond motifs is 1. The molecule has 0 aliphatic heterocycles. The molecule has 2 bridgehead atoms. The Morgan fingerprint density at radius 1 is 1.58 bits per heavy atom. The predicted octanol–water partition coefficient (Wildman–Crippen LogP) is 2.20. The number of allylic oxidation sites excluding steroid dienone is 1. The Kier molecular flexibility index (Phi) is 1.80. The summed E-state index contributed by atoms with van der Waals surface area (Å²) in [5, 5.41) is 3.26. The Labute approximate surface area is 75.2 Å². The van der Waals surface area contributed by atoms with Crippen LogP contribution in [0.1, 0.15) is 26.7 Å². The highest BCUT2D eigenvalue weighted by Crippen LogP contribution is 2.58. The van der Waals surface area contributed by atoms with Crippen molar-refractivity contribution in [1.82, 2.24) is 5.32 Å². The SMILES string of the molecule is CNCC1=CCC2CC1C2(C)C. The van der Waals surface area contributed by atoms with Gasteiger partial charge in [-0.1, -0.05) is 25.5 Å². The average Bonchev–Trinajstić information content (AvgIpc) is 2.05. The molecule has 0 radical (unpaired) electrons. The molecule has 0 amide bonds. The van der Waals surface area contributed by atoms with E-state index in [1.165, 1.54) is 12.8 Å². The minimum absolute atomic E-state index is 0.598. The first-order valence-electron chi connectivity index (χ1n) is 4.99. The maximum atomic E-state index is 3.26. The molecule has 1 saturated carbocycles. The zero-order valence-corrected chi connectivity index (χ0v) is 8.35. The smallest absolute Gasteiger partial charge is 0.0164 e. The van der Waals surface area contributed by atoms with Gasteiger partial charge in [0.2, 0.25) is 0 Å². The van der Waals surface area contributed by atoms with Crippen LogP contribution in [0.25, 0.3) is 0 Å². The van der Waals surface area contributed by atoms with Crippen LogP contribution in [-0.4, -0.2) is 13.6 Å².